The third-order valence-electron chi connectivity index (χ3n) is 3.61. The topological polar surface area (TPSA) is 55.4 Å². The minimum atomic E-state index is -0.560. The second-order valence-corrected chi connectivity index (χ2v) is 6.26. The van der Waals surface area contributed by atoms with Crippen LogP contribution >= 0.6 is 11.6 Å². The molecule has 0 fully saturated rings. The number of para-hydroxylation sites is 1. The van der Waals surface area contributed by atoms with Gasteiger partial charge < -0.3 is 10.1 Å². The third-order valence-corrected chi connectivity index (χ3v) is 3.86. The second-order valence-electron chi connectivity index (χ2n) is 5.83. The maximum atomic E-state index is 12.1. The lowest BCUT2D eigenvalue weighted by atomic mass is 9.98. The van der Waals surface area contributed by atoms with E-state index in [4.69, 9.17) is 16.3 Å². The number of rotatable bonds is 5. The van der Waals surface area contributed by atoms with E-state index in [1.165, 1.54) is 0 Å². The standard InChI is InChI=1S/C19H20ClNO3/c1-12(2)16-6-4-5-13(3)18(16)21-17(22)11-24-19(23)14-7-9-15(20)10-8-14/h4-10,12H,11H2,1-3H3,(H,21,22). The first-order valence-corrected chi connectivity index (χ1v) is 8.08. The molecule has 0 saturated carbocycles. The van der Waals surface area contributed by atoms with Crippen LogP contribution in [0.25, 0.3) is 0 Å². The van der Waals surface area contributed by atoms with Crippen molar-refractivity contribution in [2.75, 3.05) is 11.9 Å². The average molecular weight is 346 g/mol. The number of hydrogen-bond acceptors (Lipinski definition) is 3. The summed E-state index contributed by atoms with van der Waals surface area (Å²) in [5.41, 5.74) is 3.15. The summed E-state index contributed by atoms with van der Waals surface area (Å²) in [5, 5.41) is 3.37. The first-order valence-electron chi connectivity index (χ1n) is 7.70. The Morgan fingerprint density at radius 1 is 1.12 bits per heavy atom. The molecule has 0 spiro atoms. The molecule has 0 aliphatic rings. The molecule has 0 radical (unpaired) electrons. The highest BCUT2D eigenvalue weighted by atomic mass is 35.5. The Labute approximate surface area is 146 Å². The number of esters is 1. The van der Waals surface area contributed by atoms with E-state index in [-0.39, 0.29) is 18.4 Å². The molecule has 2 aromatic rings. The summed E-state index contributed by atoms with van der Waals surface area (Å²) in [6.07, 6.45) is 0. The van der Waals surface area contributed by atoms with Crippen molar-refractivity contribution in [2.24, 2.45) is 0 Å². The molecule has 0 aromatic heterocycles. The number of carbonyl (C=O) groups is 2. The van der Waals surface area contributed by atoms with E-state index in [0.29, 0.717) is 10.6 Å². The number of hydrogen-bond donors (Lipinski definition) is 1. The van der Waals surface area contributed by atoms with Crippen LogP contribution in [0.5, 0.6) is 0 Å². The average Bonchev–Trinajstić information content (AvgIpc) is 2.55. The van der Waals surface area contributed by atoms with Gasteiger partial charge in [0.25, 0.3) is 5.91 Å². The van der Waals surface area contributed by atoms with E-state index in [2.05, 4.69) is 19.2 Å². The zero-order valence-corrected chi connectivity index (χ0v) is 14.7. The molecule has 1 amide bonds. The molecule has 0 saturated heterocycles. The van der Waals surface area contributed by atoms with Crippen molar-refractivity contribution in [3.8, 4) is 0 Å². The molecule has 2 rings (SSSR count). The number of carbonyl (C=O) groups excluding carboxylic acids is 2. The van der Waals surface area contributed by atoms with Gasteiger partial charge in [-0.1, -0.05) is 43.6 Å². The Kier molecular flexibility index (Phi) is 5.99. The molecule has 0 atom stereocenters. The van der Waals surface area contributed by atoms with Gasteiger partial charge in [0.15, 0.2) is 6.61 Å². The fourth-order valence-corrected chi connectivity index (χ4v) is 2.44. The maximum absolute atomic E-state index is 12.1. The highest BCUT2D eigenvalue weighted by Crippen LogP contribution is 2.27. The Balaban J connectivity index is 1.99. The van der Waals surface area contributed by atoms with E-state index in [0.717, 1.165) is 16.8 Å². The molecule has 4 nitrogen and oxygen atoms in total. The summed E-state index contributed by atoms with van der Waals surface area (Å²) in [4.78, 5) is 24.0. The fraction of sp³-hybridized carbons (Fsp3) is 0.263. The number of anilines is 1. The fourth-order valence-electron chi connectivity index (χ4n) is 2.32. The zero-order chi connectivity index (χ0) is 17.7. The lowest BCUT2D eigenvalue weighted by molar-refractivity contribution is -0.119. The molecule has 0 aliphatic carbocycles. The summed E-state index contributed by atoms with van der Waals surface area (Å²) in [6.45, 7) is 5.71. The van der Waals surface area contributed by atoms with Gasteiger partial charge in [-0.25, -0.2) is 4.79 Å². The Morgan fingerprint density at radius 2 is 1.79 bits per heavy atom. The lowest BCUT2D eigenvalue weighted by Gasteiger charge is -2.16. The van der Waals surface area contributed by atoms with Gasteiger partial charge in [-0.3, -0.25) is 4.79 Å². The van der Waals surface area contributed by atoms with Gasteiger partial charge >= 0.3 is 5.97 Å². The number of benzene rings is 2. The van der Waals surface area contributed by atoms with E-state index in [9.17, 15) is 9.59 Å². The van der Waals surface area contributed by atoms with E-state index in [1.54, 1.807) is 24.3 Å². The Morgan fingerprint density at radius 3 is 2.42 bits per heavy atom. The minimum absolute atomic E-state index is 0.275. The zero-order valence-electron chi connectivity index (χ0n) is 13.9. The van der Waals surface area contributed by atoms with Gasteiger partial charge in [-0.05, 0) is 48.2 Å². The summed E-state index contributed by atoms with van der Waals surface area (Å²) in [5.74, 6) is -0.652. The summed E-state index contributed by atoms with van der Waals surface area (Å²) in [6, 6.07) is 12.2. The highest BCUT2D eigenvalue weighted by molar-refractivity contribution is 6.30. The van der Waals surface area contributed by atoms with Crippen molar-refractivity contribution in [2.45, 2.75) is 26.7 Å². The molecule has 0 heterocycles. The van der Waals surface area contributed by atoms with Gasteiger partial charge in [-0.15, -0.1) is 0 Å². The van der Waals surface area contributed by atoms with Crippen molar-refractivity contribution in [3.63, 3.8) is 0 Å². The minimum Gasteiger partial charge on any atom is -0.452 e. The van der Waals surface area contributed by atoms with Gasteiger partial charge in [0.1, 0.15) is 0 Å². The number of amides is 1. The summed E-state index contributed by atoms with van der Waals surface area (Å²) in [7, 11) is 0. The van der Waals surface area contributed by atoms with Crippen molar-refractivity contribution >= 4 is 29.2 Å². The first-order chi connectivity index (χ1) is 11.4. The smallest absolute Gasteiger partial charge is 0.338 e. The van der Waals surface area contributed by atoms with Gasteiger partial charge in [0, 0.05) is 10.7 Å². The molecule has 24 heavy (non-hydrogen) atoms. The van der Waals surface area contributed by atoms with E-state index < -0.39 is 5.97 Å². The van der Waals surface area contributed by atoms with Crippen LogP contribution in [0.4, 0.5) is 5.69 Å². The van der Waals surface area contributed by atoms with Crippen LogP contribution in [0.2, 0.25) is 5.02 Å². The van der Waals surface area contributed by atoms with Crippen LogP contribution in [0.3, 0.4) is 0 Å². The van der Waals surface area contributed by atoms with Crippen LogP contribution in [0.15, 0.2) is 42.5 Å². The van der Waals surface area contributed by atoms with Gasteiger partial charge in [-0.2, -0.15) is 0 Å². The summed E-state index contributed by atoms with van der Waals surface area (Å²) >= 11 is 5.77. The molecular weight excluding hydrogens is 326 g/mol. The maximum Gasteiger partial charge on any atom is 0.338 e. The molecule has 2 aromatic carbocycles. The number of ether oxygens (including phenoxy) is 1. The monoisotopic (exact) mass is 345 g/mol. The molecule has 126 valence electrons. The first kappa shape index (κ1) is 18.0. The third kappa shape index (κ3) is 4.59. The molecule has 0 aliphatic heterocycles. The number of nitrogens with one attached hydrogen (secondary N) is 1. The number of aryl methyl sites for hydroxylation is 1. The number of halogens is 1. The predicted molar refractivity (Wildman–Crippen MR) is 95.6 cm³/mol. The van der Waals surface area contributed by atoms with Crippen molar-refractivity contribution in [1.29, 1.82) is 0 Å². The van der Waals surface area contributed by atoms with Gasteiger partial charge in [0.2, 0.25) is 0 Å². The van der Waals surface area contributed by atoms with Crippen molar-refractivity contribution in [1.82, 2.24) is 0 Å². The molecule has 1 N–H and O–H groups in total. The normalized spacial score (nSPS) is 10.5. The van der Waals surface area contributed by atoms with Gasteiger partial charge in [0.05, 0.1) is 5.56 Å². The van der Waals surface area contributed by atoms with Crippen LogP contribution in [0, 0.1) is 6.92 Å². The van der Waals surface area contributed by atoms with E-state index in [1.807, 2.05) is 25.1 Å². The molecule has 0 unspecified atom stereocenters. The van der Waals surface area contributed by atoms with Crippen LogP contribution < -0.4 is 5.32 Å². The quantitative estimate of drug-likeness (QED) is 0.808. The van der Waals surface area contributed by atoms with Crippen LogP contribution in [0.1, 0.15) is 41.3 Å². The summed E-state index contributed by atoms with van der Waals surface area (Å²) < 4.78 is 5.05. The molecule has 0 bridgehead atoms. The van der Waals surface area contributed by atoms with Crippen LogP contribution in [-0.2, 0) is 9.53 Å². The lowest BCUT2D eigenvalue weighted by Crippen LogP contribution is -2.22. The Bertz CT molecular complexity index is 739. The van der Waals surface area contributed by atoms with E-state index >= 15 is 0 Å². The molecule has 5 heteroatoms. The van der Waals surface area contributed by atoms with Crippen molar-refractivity contribution in [3.05, 3.63) is 64.2 Å². The van der Waals surface area contributed by atoms with Crippen molar-refractivity contribution < 1.29 is 14.3 Å². The highest BCUT2D eigenvalue weighted by Gasteiger charge is 2.14. The SMILES string of the molecule is Cc1cccc(C(C)C)c1NC(=O)COC(=O)c1ccc(Cl)cc1. The Hall–Kier alpha value is -2.33. The largest absolute Gasteiger partial charge is 0.452 e. The van der Waals surface area contributed by atoms with Crippen LogP contribution in [-0.4, -0.2) is 18.5 Å². The predicted octanol–water partition coefficient (Wildman–Crippen LogP) is 4.57. The molecular formula is C19H20ClNO3. The second kappa shape index (κ2) is 7.97.